The van der Waals surface area contributed by atoms with Gasteiger partial charge in [0.2, 0.25) is 0 Å². The normalized spacial score (nSPS) is 10.4. The first-order valence-electron chi connectivity index (χ1n) is 7.26. The lowest BCUT2D eigenvalue weighted by molar-refractivity contribution is 0.103. The van der Waals surface area contributed by atoms with Gasteiger partial charge in [-0.15, -0.1) is 0 Å². The molecule has 0 atom stereocenters. The summed E-state index contributed by atoms with van der Waals surface area (Å²) < 4.78 is 28.4. The van der Waals surface area contributed by atoms with Crippen molar-refractivity contribution >= 4 is 12.1 Å². The minimum Gasteiger partial charge on any atom is -0.298 e. The topological polar surface area (TPSA) is 34.1 Å². The average Bonchev–Trinajstić information content (AvgIpc) is 2.62. The van der Waals surface area contributed by atoms with Gasteiger partial charge in [-0.1, -0.05) is 48.5 Å². The van der Waals surface area contributed by atoms with E-state index in [1.165, 1.54) is 42.5 Å². The minimum absolute atomic E-state index is 0.0862. The van der Waals surface area contributed by atoms with Crippen molar-refractivity contribution in [2.24, 2.45) is 0 Å². The van der Waals surface area contributed by atoms with Crippen LogP contribution in [0.15, 0.2) is 66.7 Å². The number of hydrogen-bond donors (Lipinski definition) is 0. The quantitative estimate of drug-likeness (QED) is 0.516. The summed E-state index contributed by atoms with van der Waals surface area (Å²) in [4.78, 5) is 23.6. The predicted molar refractivity (Wildman–Crippen MR) is 87.1 cm³/mol. The Labute approximate surface area is 137 Å². The molecule has 0 fully saturated rings. The van der Waals surface area contributed by atoms with Crippen LogP contribution in [0.2, 0.25) is 0 Å². The summed E-state index contributed by atoms with van der Waals surface area (Å²) in [6.07, 6.45) is 0.417. The first kappa shape index (κ1) is 15.7. The Morgan fingerprint density at radius 3 is 2.08 bits per heavy atom. The molecule has 0 saturated carbocycles. The predicted octanol–water partition coefficient (Wildman–Crippen LogP) is 4.68. The van der Waals surface area contributed by atoms with E-state index < -0.39 is 17.4 Å². The third-order valence-corrected chi connectivity index (χ3v) is 3.74. The molecule has 0 unspecified atom stereocenters. The summed E-state index contributed by atoms with van der Waals surface area (Å²) in [5.41, 5.74) is 0.425. The van der Waals surface area contributed by atoms with Gasteiger partial charge in [0, 0.05) is 11.1 Å². The van der Waals surface area contributed by atoms with Crippen molar-refractivity contribution in [3.05, 3.63) is 95.1 Å². The smallest absolute Gasteiger partial charge is 0.196 e. The van der Waals surface area contributed by atoms with Crippen LogP contribution in [0.3, 0.4) is 0 Å². The maximum atomic E-state index is 14.5. The summed E-state index contributed by atoms with van der Waals surface area (Å²) in [7, 11) is 0. The van der Waals surface area contributed by atoms with Gasteiger partial charge in [0.15, 0.2) is 12.1 Å². The van der Waals surface area contributed by atoms with Crippen LogP contribution in [0.5, 0.6) is 0 Å². The summed E-state index contributed by atoms with van der Waals surface area (Å²) in [6, 6.07) is 16.4. The first-order chi connectivity index (χ1) is 11.6. The Hall–Kier alpha value is -3.14. The molecule has 0 amide bonds. The molecule has 0 aliphatic carbocycles. The minimum atomic E-state index is -0.707. The molecule has 0 spiro atoms. The van der Waals surface area contributed by atoms with Gasteiger partial charge in [-0.25, -0.2) is 8.78 Å². The maximum absolute atomic E-state index is 14.5. The third-order valence-electron chi connectivity index (χ3n) is 3.74. The molecule has 0 N–H and O–H groups in total. The third kappa shape index (κ3) is 2.74. The Bertz CT molecular complexity index is 932. The van der Waals surface area contributed by atoms with E-state index in [1.54, 1.807) is 24.3 Å². The van der Waals surface area contributed by atoms with E-state index in [0.717, 1.165) is 0 Å². The molecule has 4 heteroatoms. The van der Waals surface area contributed by atoms with Gasteiger partial charge in [0.05, 0.1) is 11.1 Å². The fraction of sp³-hybridized carbons (Fsp3) is 0. The van der Waals surface area contributed by atoms with Crippen LogP contribution in [-0.4, -0.2) is 12.1 Å². The van der Waals surface area contributed by atoms with Crippen molar-refractivity contribution in [3.8, 4) is 11.1 Å². The van der Waals surface area contributed by atoms with Crippen molar-refractivity contribution in [1.82, 2.24) is 0 Å². The molecule has 0 aliphatic heterocycles. The van der Waals surface area contributed by atoms with Crippen molar-refractivity contribution in [1.29, 1.82) is 0 Å². The Kier molecular flexibility index (Phi) is 4.29. The highest BCUT2D eigenvalue weighted by molar-refractivity contribution is 6.13. The number of ketones is 1. The zero-order valence-corrected chi connectivity index (χ0v) is 12.5. The van der Waals surface area contributed by atoms with Gasteiger partial charge in [-0.3, -0.25) is 9.59 Å². The fourth-order valence-corrected chi connectivity index (χ4v) is 2.56. The zero-order chi connectivity index (χ0) is 17.1. The number of benzene rings is 3. The van der Waals surface area contributed by atoms with Crippen molar-refractivity contribution in [3.63, 3.8) is 0 Å². The van der Waals surface area contributed by atoms with E-state index in [2.05, 4.69) is 0 Å². The molecule has 118 valence electrons. The van der Waals surface area contributed by atoms with Crippen molar-refractivity contribution < 1.29 is 18.4 Å². The highest BCUT2D eigenvalue weighted by Crippen LogP contribution is 2.29. The molecule has 0 heterocycles. The monoisotopic (exact) mass is 322 g/mol. The highest BCUT2D eigenvalue weighted by atomic mass is 19.1. The average molecular weight is 322 g/mol. The number of aldehydes is 1. The molecular weight excluding hydrogens is 310 g/mol. The second kappa shape index (κ2) is 6.54. The van der Waals surface area contributed by atoms with E-state index in [4.69, 9.17) is 0 Å². The molecule has 24 heavy (non-hydrogen) atoms. The molecular formula is C20H12F2O2. The molecule has 0 radical (unpaired) electrons. The maximum Gasteiger partial charge on any atom is 0.196 e. The molecule has 0 aliphatic rings. The van der Waals surface area contributed by atoms with Crippen molar-refractivity contribution in [2.45, 2.75) is 0 Å². The zero-order valence-electron chi connectivity index (χ0n) is 12.5. The standard InChI is InChI=1S/C20H12F2O2/c21-18-11-4-3-9-17(18)20(24)16-8-2-1-7-14(16)15-10-5-6-13(12-23)19(15)22/h1-12H. The second-order valence-electron chi connectivity index (χ2n) is 5.18. The lowest BCUT2D eigenvalue weighted by Gasteiger charge is -2.11. The highest BCUT2D eigenvalue weighted by Gasteiger charge is 2.19. The summed E-state index contributed by atoms with van der Waals surface area (Å²) in [6.45, 7) is 0. The summed E-state index contributed by atoms with van der Waals surface area (Å²) in [5, 5.41) is 0. The van der Waals surface area contributed by atoms with E-state index in [9.17, 15) is 18.4 Å². The SMILES string of the molecule is O=Cc1cccc(-c2ccccc2C(=O)c2ccccc2F)c1F. The Morgan fingerprint density at radius 2 is 1.38 bits per heavy atom. The number of halogens is 2. The largest absolute Gasteiger partial charge is 0.298 e. The molecule has 0 aromatic heterocycles. The lowest BCUT2D eigenvalue weighted by Crippen LogP contribution is -2.06. The van der Waals surface area contributed by atoms with E-state index in [-0.39, 0.29) is 22.3 Å². The van der Waals surface area contributed by atoms with Crippen LogP contribution in [0, 0.1) is 11.6 Å². The molecule has 3 rings (SSSR count). The van der Waals surface area contributed by atoms with Crippen LogP contribution in [-0.2, 0) is 0 Å². The van der Waals surface area contributed by atoms with Crippen LogP contribution >= 0.6 is 0 Å². The fourth-order valence-electron chi connectivity index (χ4n) is 2.56. The number of hydrogen-bond acceptors (Lipinski definition) is 2. The van der Waals surface area contributed by atoms with Crippen LogP contribution in [0.4, 0.5) is 8.78 Å². The first-order valence-corrected chi connectivity index (χ1v) is 7.26. The molecule has 3 aromatic carbocycles. The van der Waals surface area contributed by atoms with Crippen molar-refractivity contribution in [2.75, 3.05) is 0 Å². The second-order valence-corrected chi connectivity index (χ2v) is 5.18. The number of carbonyl (C=O) groups excluding carboxylic acids is 2. The Morgan fingerprint density at radius 1 is 0.750 bits per heavy atom. The van der Waals surface area contributed by atoms with E-state index in [1.807, 2.05) is 0 Å². The molecule has 3 aromatic rings. The van der Waals surface area contributed by atoms with Gasteiger partial charge in [0.25, 0.3) is 0 Å². The van der Waals surface area contributed by atoms with Gasteiger partial charge in [0.1, 0.15) is 11.6 Å². The Balaban J connectivity index is 2.18. The van der Waals surface area contributed by atoms with Crippen LogP contribution in [0.1, 0.15) is 26.3 Å². The molecule has 2 nitrogen and oxygen atoms in total. The molecule has 0 bridgehead atoms. The van der Waals surface area contributed by atoms with Gasteiger partial charge in [-0.2, -0.15) is 0 Å². The molecule has 0 saturated heterocycles. The lowest BCUT2D eigenvalue weighted by atomic mass is 9.92. The number of carbonyl (C=O) groups is 2. The van der Waals surface area contributed by atoms with Crippen LogP contribution < -0.4 is 0 Å². The van der Waals surface area contributed by atoms with Gasteiger partial charge < -0.3 is 0 Å². The van der Waals surface area contributed by atoms with E-state index in [0.29, 0.717) is 11.8 Å². The summed E-state index contributed by atoms with van der Waals surface area (Å²) >= 11 is 0. The number of rotatable bonds is 4. The van der Waals surface area contributed by atoms with Crippen LogP contribution in [0.25, 0.3) is 11.1 Å². The van der Waals surface area contributed by atoms with Gasteiger partial charge >= 0.3 is 0 Å². The summed E-state index contributed by atoms with van der Waals surface area (Å²) in [5.74, 6) is -1.89. The van der Waals surface area contributed by atoms with Gasteiger partial charge in [-0.05, 0) is 23.8 Å². The van der Waals surface area contributed by atoms with E-state index >= 15 is 0 Å².